The summed E-state index contributed by atoms with van der Waals surface area (Å²) >= 11 is 0. The molecule has 0 aromatic heterocycles. The number of rotatable bonds is 5. The van der Waals surface area contributed by atoms with E-state index in [2.05, 4.69) is 79.2 Å². The minimum Gasteiger partial charge on any atom is -0.322 e. The molecule has 2 aromatic carbocycles. The van der Waals surface area contributed by atoms with Crippen molar-refractivity contribution in [1.82, 2.24) is 4.67 Å². The Bertz CT molecular complexity index is 600. The lowest BCUT2D eigenvalue weighted by Crippen LogP contribution is -2.33. The third kappa shape index (κ3) is 5.86. The summed E-state index contributed by atoms with van der Waals surface area (Å²) < 4.78 is 15.1. The quantitative estimate of drug-likeness (QED) is 0.534. The summed E-state index contributed by atoms with van der Waals surface area (Å²) in [6.07, 6.45) is 6.04. The molecule has 0 spiro atoms. The van der Waals surface area contributed by atoms with E-state index in [1.807, 2.05) is 0 Å². The van der Waals surface area contributed by atoms with Gasteiger partial charge in [0.1, 0.15) is 0 Å². The Labute approximate surface area is 165 Å². The molecule has 0 saturated carbocycles. The predicted octanol–water partition coefficient (Wildman–Crippen LogP) is 6.71. The zero-order valence-corrected chi connectivity index (χ0v) is 17.5. The van der Waals surface area contributed by atoms with Crippen LogP contribution < -0.4 is 0 Å². The molecule has 0 N–H and O–H groups in total. The summed E-state index contributed by atoms with van der Waals surface area (Å²) in [5, 5.41) is 0. The summed E-state index contributed by atoms with van der Waals surface area (Å²) in [5.41, 5.74) is 2.56. The number of hydrogen-bond acceptors (Lipinski definition) is 3. The summed E-state index contributed by atoms with van der Waals surface area (Å²) in [5.74, 6) is 0. The van der Waals surface area contributed by atoms with Gasteiger partial charge >= 0.3 is 0 Å². The maximum Gasteiger partial charge on any atom is 0.259 e. The van der Waals surface area contributed by atoms with Gasteiger partial charge in [0.25, 0.3) is 8.53 Å². The second-order valence-corrected chi connectivity index (χ2v) is 8.82. The topological polar surface area (TPSA) is 21.7 Å². The number of nitrogens with zero attached hydrogens (tertiary/aromatic N) is 1. The summed E-state index contributed by atoms with van der Waals surface area (Å²) in [6, 6.07) is 21.9. The molecule has 1 heterocycles. The van der Waals surface area contributed by atoms with Crippen molar-refractivity contribution in [3.05, 3.63) is 71.8 Å². The second kappa shape index (κ2) is 10.9. The standard InChI is InChI=1S/C23H32NO2P/c1-20(2)24(27-25-18-12-4-3-5-13-19-26-27)23(21-14-8-6-9-15-21)22-16-10-7-11-17-22/h6-11,14-17,20,23H,3-5,12-13,18-19H2,1-2H3. The van der Waals surface area contributed by atoms with Gasteiger partial charge in [-0.05, 0) is 37.8 Å². The van der Waals surface area contributed by atoms with Gasteiger partial charge in [-0.25, -0.2) is 4.67 Å². The molecule has 1 aliphatic heterocycles. The van der Waals surface area contributed by atoms with Gasteiger partial charge in [0.15, 0.2) is 0 Å². The zero-order chi connectivity index (χ0) is 18.9. The third-order valence-electron chi connectivity index (χ3n) is 4.90. The zero-order valence-electron chi connectivity index (χ0n) is 16.6. The molecular weight excluding hydrogens is 353 g/mol. The van der Waals surface area contributed by atoms with Crippen LogP contribution in [0, 0.1) is 0 Å². The highest BCUT2D eigenvalue weighted by Gasteiger charge is 2.33. The van der Waals surface area contributed by atoms with Gasteiger partial charge in [-0.3, -0.25) is 0 Å². The van der Waals surface area contributed by atoms with E-state index < -0.39 is 8.53 Å². The molecule has 0 atom stereocenters. The van der Waals surface area contributed by atoms with Crippen molar-refractivity contribution in [3.63, 3.8) is 0 Å². The smallest absolute Gasteiger partial charge is 0.259 e. The van der Waals surface area contributed by atoms with Crippen LogP contribution in [0.5, 0.6) is 0 Å². The molecule has 0 amide bonds. The molecule has 0 bridgehead atoms. The van der Waals surface area contributed by atoms with Gasteiger partial charge in [0, 0.05) is 6.04 Å². The highest BCUT2D eigenvalue weighted by Crippen LogP contribution is 2.51. The third-order valence-corrected chi connectivity index (χ3v) is 6.78. The fourth-order valence-corrected chi connectivity index (χ4v) is 5.28. The largest absolute Gasteiger partial charge is 0.322 e. The van der Waals surface area contributed by atoms with Gasteiger partial charge in [0.05, 0.1) is 19.3 Å². The van der Waals surface area contributed by atoms with Crippen LogP contribution in [0.2, 0.25) is 0 Å². The Balaban J connectivity index is 1.94. The summed E-state index contributed by atoms with van der Waals surface area (Å²) in [6.45, 7) is 6.05. The predicted molar refractivity (Wildman–Crippen MR) is 114 cm³/mol. The van der Waals surface area contributed by atoms with Crippen LogP contribution in [-0.2, 0) is 9.05 Å². The van der Waals surface area contributed by atoms with E-state index in [9.17, 15) is 0 Å². The van der Waals surface area contributed by atoms with Crippen molar-refractivity contribution in [2.24, 2.45) is 0 Å². The van der Waals surface area contributed by atoms with Gasteiger partial charge in [0.2, 0.25) is 0 Å². The first-order valence-corrected chi connectivity index (χ1v) is 11.3. The molecule has 2 aromatic rings. The van der Waals surface area contributed by atoms with Crippen LogP contribution in [-0.4, -0.2) is 23.9 Å². The molecular formula is C23H32NO2P. The molecule has 27 heavy (non-hydrogen) atoms. The maximum absolute atomic E-state index is 6.33. The van der Waals surface area contributed by atoms with Gasteiger partial charge < -0.3 is 9.05 Å². The van der Waals surface area contributed by atoms with Crippen molar-refractivity contribution < 1.29 is 9.05 Å². The first-order valence-electron chi connectivity index (χ1n) is 10.2. The molecule has 1 saturated heterocycles. The molecule has 1 aliphatic rings. The Kier molecular flexibility index (Phi) is 8.29. The molecule has 0 unspecified atom stereocenters. The van der Waals surface area contributed by atoms with Crippen molar-refractivity contribution in [1.29, 1.82) is 0 Å². The van der Waals surface area contributed by atoms with Crippen molar-refractivity contribution in [2.45, 2.75) is 58.0 Å². The van der Waals surface area contributed by atoms with Crippen LogP contribution in [0.3, 0.4) is 0 Å². The average molecular weight is 385 g/mol. The van der Waals surface area contributed by atoms with Crippen molar-refractivity contribution in [3.8, 4) is 0 Å². The van der Waals surface area contributed by atoms with Gasteiger partial charge in [-0.2, -0.15) is 0 Å². The first kappa shape index (κ1) is 20.5. The minimum atomic E-state index is -1.10. The monoisotopic (exact) mass is 385 g/mol. The first-order chi connectivity index (χ1) is 13.3. The average Bonchev–Trinajstić information content (AvgIpc) is 2.71. The molecule has 0 radical (unpaired) electrons. The fraction of sp³-hybridized carbons (Fsp3) is 0.478. The van der Waals surface area contributed by atoms with E-state index >= 15 is 0 Å². The van der Waals surface area contributed by atoms with E-state index in [0.29, 0.717) is 6.04 Å². The second-order valence-electron chi connectivity index (χ2n) is 7.37. The molecule has 0 aliphatic carbocycles. The van der Waals surface area contributed by atoms with E-state index in [1.165, 1.54) is 30.4 Å². The number of benzene rings is 2. The lowest BCUT2D eigenvalue weighted by molar-refractivity contribution is 0.166. The van der Waals surface area contributed by atoms with Crippen LogP contribution in [0.25, 0.3) is 0 Å². The van der Waals surface area contributed by atoms with E-state index in [-0.39, 0.29) is 6.04 Å². The van der Waals surface area contributed by atoms with Gasteiger partial charge in [-0.1, -0.05) is 79.9 Å². The lowest BCUT2D eigenvalue weighted by atomic mass is 9.98. The molecule has 146 valence electrons. The van der Waals surface area contributed by atoms with Crippen LogP contribution in [0.4, 0.5) is 0 Å². The highest BCUT2D eigenvalue weighted by molar-refractivity contribution is 7.44. The van der Waals surface area contributed by atoms with Crippen LogP contribution in [0.1, 0.15) is 63.1 Å². The molecule has 1 fully saturated rings. The lowest BCUT2D eigenvalue weighted by Gasteiger charge is -2.39. The van der Waals surface area contributed by atoms with Crippen LogP contribution in [0.15, 0.2) is 60.7 Å². The van der Waals surface area contributed by atoms with Crippen molar-refractivity contribution in [2.75, 3.05) is 13.2 Å². The molecule has 3 nitrogen and oxygen atoms in total. The fourth-order valence-electron chi connectivity index (χ4n) is 3.54. The Morgan fingerprint density at radius 1 is 0.704 bits per heavy atom. The SMILES string of the molecule is CC(C)N(C(c1ccccc1)c1ccccc1)P1OCCCCCCCO1. The van der Waals surface area contributed by atoms with Gasteiger partial charge in [-0.15, -0.1) is 0 Å². The normalized spacial score (nSPS) is 17.5. The Morgan fingerprint density at radius 3 is 1.59 bits per heavy atom. The van der Waals surface area contributed by atoms with Crippen LogP contribution >= 0.6 is 8.53 Å². The van der Waals surface area contributed by atoms with E-state index in [0.717, 1.165) is 26.1 Å². The summed E-state index contributed by atoms with van der Waals surface area (Å²) in [4.78, 5) is 0. The highest BCUT2D eigenvalue weighted by atomic mass is 31.2. The van der Waals surface area contributed by atoms with Crippen molar-refractivity contribution >= 4 is 8.53 Å². The minimum absolute atomic E-state index is 0.126. The van der Waals surface area contributed by atoms with E-state index in [1.54, 1.807) is 0 Å². The Morgan fingerprint density at radius 2 is 1.15 bits per heavy atom. The Hall–Kier alpha value is -1.25. The molecule has 4 heteroatoms. The maximum atomic E-state index is 6.33. The number of hydrogen-bond donors (Lipinski definition) is 0. The van der Waals surface area contributed by atoms with E-state index in [4.69, 9.17) is 9.05 Å². The summed E-state index contributed by atoms with van der Waals surface area (Å²) in [7, 11) is -1.10. The molecule has 3 rings (SSSR count).